The van der Waals surface area contributed by atoms with Gasteiger partial charge in [0.05, 0.1) is 10.6 Å². The molecule has 0 aliphatic rings. The number of aromatic nitrogens is 1. The number of hydrogen-bond acceptors (Lipinski definition) is 3. The van der Waals surface area contributed by atoms with Crippen molar-refractivity contribution in [3.8, 4) is 21.7 Å². The maximum atomic E-state index is 13.1. The number of nitrogens with zero attached hydrogens (tertiary/aromatic N) is 1. The number of carbonyl (C=O) groups excluding carboxylic acids is 1. The second-order valence-electron chi connectivity index (χ2n) is 6.03. The summed E-state index contributed by atoms with van der Waals surface area (Å²) in [7, 11) is 0. The number of halogens is 2. The number of amides is 1. The quantitative estimate of drug-likeness (QED) is 0.417. The Kier molecular flexibility index (Phi) is 5.19. The van der Waals surface area contributed by atoms with Crippen LogP contribution in [0, 0.1) is 5.82 Å². The van der Waals surface area contributed by atoms with Crippen molar-refractivity contribution in [2.75, 3.05) is 5.32 Å². The van der Waals surface area contributed by atoms with Crippen LogP contribution in [0.5, 0.6) is 0 Å². The van der Waals surface area contributed by atoms with Crippen LogP contribution in [0.3, 0.4) is 0 Å². The van der Waals surface area contributed by atoms with Gasteiger partial charge in [0.2, 0.25) is 0 Å². The predicted molar refractivity (Wildman–Crippen MR) is 112 cm³/mol. The Morgan fingerprint density at radius 3 is 2.25 bits per heavy atom. The summed E-state index contributed by atoms with van der Waals surface area (Å²) in [4.78, 5) is 18.0. The Balaban J connectivity index is 1.71. The third-order valence-electron chi connectivity index (χ3n) is 4.11. The monoisotopic (exact) mass is 408 g/mol. The van der Waals surface area contributed by atoms with Crippen LogP contribution in [0.4, 0.5) is 9.52 Å². The maximum absolute atomic E-state index is 13.1. The minimum Gasteiger partial charge on any atom is -0.298 e. The van der Waals surface area contributed by atoms with Gasteiger partial charge in [-0.1, -0.05) is 65.4 Å². The van der Waals surface area contributed by atoms with Gasteiger partial charge in [-0.25, -0.2) is 9.37 Å². The summed E-state index contributed by atoms with van der Waals surface area (Å²) in [6.07, 6.45) is 0. The van der Waals surface area contributed by atoms with E-state index in [0.717, 1.165) is 21.7 Å². The van der Waals surface area contributed by atoms with Crippen molar-refractivity contribution in [2.45, 2.75) is 0 Å². The van der Waals surface area contributed by atoms with E-state index < -0.39 is 0 Å². The first-order valence-electron chi connectivity index (χ1n) is 8.49. The normalized spacial score (nSPS) is 10.6. The fourth-order valence-corrected chi connectivity index (χ4v) is 3.85. The minimum atomic E-state index is -0.387. The molecule has 4 rings (SSSR count). The molecule has 3 aromatic carbocycles. The van der Waals surface area contributed by atoms with Crippen LogP contribution < -0.4 is 5.32 Å². The van der Waals surface area contributed by atoms with Gasteiger partial charge in [-0.15, -0.1) is 0 Å². The minimum absolute atomic E-state index is 0.337. The highest BCUT2D eigenvalue weighted by Crippen LogP contribution is 2.39. The first kappa shape index (κ1) is 18.3. The molecule has 1 heterocycles. The molecule has 0 saturated carbocycles. The molecular weight excluding hydrogens is 395 g/mol. The van der Waals surface area contributed by atoms with Gasteiger partial charge in [-0.2, -0.15) is 0 Å². The molecule has 1 N–H and O–H groups in total. The predicted octanol–water partition coefficient (Wildman–Crippen LogP) is 6.52. The summed E-state index contributed by atoms with van der Waals surface area (Å²) in [6.45, 7) is 0. The number of anilines is 1. The summed E-state index contributed by atoms with van der Waals surface area (Å²) in [5.41, 5.74) is 3.06. The molecule has 0 aliphatic carbocycles. The molecular formula is C22H14ClFN2OS. The van der Waals surface area contributed by atoms with Crippen LogP contribution >= 0.6 is 22.9 Å². The molecule has 0 aliphatic heterocycles. The molecule has 138 valence electrons. The fourth-order valence-electron chi connectivity index (χ4n) is 2.73. The van der Waals surface area contributed by atoms with Gasteiger partial charge in [0.25, 0.3) is 5.91 Å². The van der Waals surface area contributed by atoms with Gasteiger partial charge >= 0.3 is 0 Å². The van der Waals surface area contributed by atoms with E-state index in [9.17, 15) is 9.18 Å². The summed E-state index contributed by atoms with van der Waals surface area (Å²) in [5, 5.41) is 3.93. The first-order chi connectivity index (χ1) is 13.6. The van der Waals surface area contributed by atoms with Crippen LogP contribution in [0.15, 0.2) is 78.9 Å². The van der Waals surface area contributed by atoms with Crippen molar-refractivity contribution in [1.29, 1.82) is 0 Å². The van der Waals surface area contributed by atoms with E-state index in [1.54, 1.807) is 0 Å². The summed E-state index contributed by atoms with van der Waals surface area (Å²) >= 11 is 7.39. The van der Waals surface area contributed by atoms with Crippen LogP contribution in [-0.2, 0) is 0 Å². The molecule has 0 atom stereocenters. The third-order valence-corrected chi connectivity index (χ3v) is 5.38. The second kappa shape index (κ2) is 7.92. The smallest absolute Gasteiger partial charge is 0.257 e. The average molecular weight is 409 g/mol. The molecule has 6 heteroatoms. The van der Waals surface area contributed by atoms with Gasteiger partial charge < -0.3 is 0 Å². The average Bonchev–Trinajstić information content (AvgIpc) is 3.13. The van der Waals surface area contributed by atoms with Crippen molar-refractivity contribution in [2.24, 2.45) is 0 Å². The Morgan fingerprint density at radius 1 is 0.893 bits per heavy atom. The summed E-state index contributed by atoms with van der Waals surface area (Å²) < 4.78 is 13.1. The largest absolute Gasteiger partial charge is 0.298 e. The summed E-state index contributed by atoms with van der Waals surface area (Å²) in [5.74, 6) is -0.724. The van der Waals surface area contributed by atoms with Crippen LogP contribution in [0.2, 0.25) is 5.02 Å². The highest BCUT2D eigenvalue weighted by atomic mass is 35.5. The lowest BCUT2D eigenvalue weighted by Crippen LogP contribution is -2.11. The maximum Gasteiger partial charge on any atom is 0.257 e. The lowest BCUT2D eigenvalue weighted by atomic mass is 10.1. The SMILES string of the molecule is O=C(Nc1nc(-c2ccccc2)c(-c2ccc(Cl)cc2)s1)c1ccc(F)cc1. The highest BCUT2D eigenvalue weighted by molar-refractivity contribution is 7.19. The molecule has 28 heavy (non-hydrogen) atoms. The molecule has 4 aromatic rings. The highest BCUT2D eigenvalue weighted by Gasteiger charge is 2.17. The number of rotatable bonds is 4. The van der Waals surface area contributed by atoms with Crippen molar-refractivity contribution in [3.63, 3.8) is 0 Å². The molecule has 0 unspecified atom stereocenters. The van der Waals surface area contributed by atoms with E-state index in [4.69, 9.17) is 11.6 Å². The molecule has 0 radical (unpaired) electrons. The Morgan fingerprint density at radius 2 is 1.57 bits per heavy atom. The molecule has 0 saturated heterocycles. The first-order valence-corrected chi connectivity index (χ1v) is 9.69. The van der Waals surface area contributed by atoms with Crippen molar-refractivity contribution in [3.05, 3.63) is 95.3 Å². The molecule has 1 aromatic heterocycles. The molecule has 0 spiro atoms. The Hall–Kier alpha value is -3.02. The van der Waals surface area contributed by atoms with Crippen molar-refractivity contribution >= 4 is 34.0 Å². The number of thiazole rings is 1. The van der Waals surface area contributed by atoms with Gasteiger partial charge in [0, 0.05) is 16.1 Å². The zero-order valence-corrected chi connectivity index (χ0v) is 16.1. The van der Waals surface area contributed by atoms with E-state index in [2.05, 4.69) is 10.3 Å². The number of nitrogens with one attached hydrogen (secondary N) is 1. The number of hydrogen-bond donors (Lipinski definition) is 1. The lowest BCUT2D eigenvalue weighted by Gasteiger charge is -2.02. The van der Waals surface area contributed by atoms with E-state index in [-0.39, 0.29) is 11.7 Å². The van der Waals surface area contributed by atoms with Crippen LogP contribution in [0.1, 0.15) is 10.4 Å². The van der Waals surface area contributed by atoms with E-state index >= 15 is 0 Å². The Labute approximate surface area is 170 Å². The van der Waals surface area contributed by atoms with Crippen molar-refractivity contribution in [1.82, 2.24) is 4.98 Å². The van der Waals surface area contributed by atoms with Crippen LogP contribution in [0.25, 0.3) is 21.7 Å². The van der Waals surface area contributed by atoms with E-state index in [1.165, 1.54) is 35.6 Å². The summed E-state index contributed by atoms with van der Waals surface area (Å²) in [6, 6.07) is 22.7. The van der Waals surface area contributed by atoms with Gasteiger partial charge in [0.15, 0.2) is 5.13 Å². The molecule has 3 nitrogen and oxygen atoms in total. The molecule has 1 amide bonds. The fraction of sp³-hybridized carbons (Fsp3) is 0. The topological polar surface area (TPSA) is 42.0 Å². The van der Waals surface area contributed by atoms with Gasteiger partial charge in [-0.05, 0) is 42.0 Å². The number of carbonyl (C=O) groups is 1. The number of benzene rings is 3. The zero-order valence-electron chi connectivity index (χ0n) is 14.5. The standard InChI is InChI=1S/C22H14ClFN2OS/c23-17-10-6-15(7-11-17)20-19(14-4-2-1-3-5-14)25-22(28-20)26-21(27)16-8-12-18(24)13-9-16/h1-13H,(H,25,26,27). The third kappa shape index (κ3) is 3.96. The van der Waals surface area contributed by atoms with Gasteiger partial charge in [0.1, 0.15) is 5.82 Å². The lowest BCUT2D eigenvalue weighted by molar-refractivity contribution is 0.102. The van der Waals surface area contributed by atoms with Crippen molar-refractivity contribution < 1.29 is 9.18 Å². The zero-order chi connectivity index (χ0) is 19.5. The molecule has 0 fully saturated rings. The van der Waals surface area contributed by atoms with Crippen LogP contribution in [-0.4, -0.2) is 10.9 Å². The van der Waals surface area contributed by atoms with E-state index in [0.29, 0.717) is 15.7 Å². The van der Waals surface area contributed by atoms with E-state index in [1.807, 2.05) is 54.6 Å². The second-order valence-corrected chi connectivity index (χ2v) is 7.47. The Bertz CT molecular complexity index is 1110. The van der Waals surface area contributed by atoms with Gasteiger partial charge in [-0.3, -0.25) is 10.1 Å². The molecule has 0 bridgehead atoms.